The molecule has 0 bridgehead atoms. The highest BCUT2D eigenvalue weighted by atomic mass is 16.5. The van der Waals surface area contributed by atoms with Crippen molar-refractivity contribution in [3.8, 4) is 0 Å². The van der Waals surface area contributed by atoms with Crippen LogP contribution >= 0.6 is 0 Å². The standard InChI is InChI=1S/C28H48O4/c1-5-6-15-32-25(31)10-7-18(2)21-8-9-22-26-23(12-14-28(21,22)4)27(3)13-11-20(29)16-19(27)17-24(26)30/h18-24,26,29-30H,5-17H2,1-4H3/t18-,19?,20-,21-,22+,23+,24-,26+,27+,28-/m1/s1. The minimum absolute atomic E-state index is 0.0325. The summed E-state index contributed by atoms with van der Waals surface area (Å²) in [5.41, 5.74) is 0.571. The lowest BCUT2D eigenvalue weighted by atomic mass is 9.43. The quantitative estimate of drug-likeness (QED) is 0.385. The highest BCUT2D eigenvalue weighted by Gasteiger charge is 2.62. The predicted octanol–water partition coefficient (Wildman–Crippen LogP) is 5.74. The molecule has 4 aliphatic rings. The van der Waals surface area contributed by atoms with Gasteiger partial charge in [0.05, 0.1) is 18.8 Å². The zero-order valence-corrected chi connectivity index (χ0v) is 21.0. The van der Waals surface area contributed by atoms with Crippen molar-refractivity contribution >= 4 is 5.97 Å². The average Bonchev–Trinajstić information content (AvgIpc) is 3.11. The zero-order valence-electron chi connectivity index (χ0n) is 21.0. The number of rotatable bonds is 7. The van der Waals surface area contributed by atoms with Crippen LogP contribution in [0.5, 0.6) is 0 Å². The second-order valence-corrected chi connectivity index (χ2v) is 12.5. The molecule has 0 saturated heterocycles. The number of hydrogen-bond acceptors (Lipinski definition) is 4. The van der Waals surface area contributed by atoms with Crippen LogP contribution in [-0.2, 0) is 9.53 Å². The van der Waals surface area contributed by atoms with E-state index in [2.05, 4.69) is 27.7 Å². The second kappa shape index (κ2) is 9.56. The molecule has 4 heteroatoms. The molecule has 4 aliphatic carbocycles. The molecule has 1 unspecified atom stereocenters. The van der Waals surface area contributed by atoms with Gasteiger partial charge in [-0.15, -0.1) is 0 Å². The monoisotopic (exact) mass is 448 g/mol. The number of esters is 1. The second-order valence-electron chi connectivity index (χ2n) is 12.5. The van der Waals surface area contributed by atoms with Gasteiger partial charge in [0.2, 0.25) is 0 Å². The molecule has 0 amide bonds. The molecule has 0 spiro atoms. The number of hydrogen-bond donors (Lipinski definition) is 2. The van der Waals surface area contributed by atoms with Gasteiger partial charge in [0, 0.05) is 6.42 Å². The van der Waals surface area contributed by atoms with Gasteiger partial charge in [-0.1, -0.05) is 34.1 Å². The highest BCUT2D eigenvalue weighted by molar-refractivity contribution is 5.69. The summed E-state index contributed by atoms with van der Waals surface area (Å²) in [5.74, 6) is 3.23. The van der Waals surface area contributed by atoms with E-state index in [1.54, 1.807) is 0 Å². The van der Waals surface area contributed by atoms with Crippen molar-refractivity contribution in [3.05, 3.63) is 0 Å². The SMILES string of the molecule is CCCCOC(=O)CC[C@@H](C)[C@H]1CC[C@H]2[C@@H]3[C@H](O)CC4C[C@H](O)CC[C@]4(C)[C@H]3CC[C@]12C. The average molecular weight is 449 g/mol. The van der Waals surface area contributed by atoms with Crippen molar-refractivity contribution in [3.63, 3.8) is 0 Å². The van der Waals surface area contributed by atoms with Crippen molar-refractivity contribution < 1.29 is 19.7 Å². The first-order valence-corrected chi connectivity index (χ1v) is 13.7. The van der Waals surface area contributed by atoms with E-state index in [-0.39, 0.29) is 29.0 Å². The minimum Gasteiger partial charge on any atom is -0.466 e. The van der Waals surface area contributed by atoms with Gasteiger partial charge in [0.1, 0.15) is 0 Å². The molecule has 0 aliphatic heterocycles. The smallest absolute Gasteiger partial charge is 0.305 e. The molecule has 0 aromatic heterocycles. The van der Waals surface area contributed by atoms with Crippen molar-refractivity contribution in [1.29, 1.82) is 0 Å². The van der Waals surface area contributed by atoms with E-state index >= 15 is 0 Å². The fourth-order valence-electron chi connectivity index (χ4n) is 9.12. The minimum atomic E-state index is -0.212. The van der Waals surface area contributed by atoms with E-state index < -0.39 is 0 Å². The number of fused-ring (bicyclic) bond motifs is 5. The lowest BCUT2D eigenvalue weighted by Crippen LogP contribution is -2.58. The summed E-state index contributed by atoms with van der Waals surface area (Å²) in [6.45, 7) is 10.0. The Morgan fingerprint density at radius 3 is 2.50 bits per heavy atom. The van der Waals surface area contributed by atoms with Gasteiger partial charge in [-0.2, -0.15) is 0 Å². The Kier molecular flexibility index (Phi) is 7.33. The molecular weight excluding hydrogens is 400 g/mol. The third kappa shape index (κ3) is 4.28. The van der Waals surface area contributed by atoms with E-state index in [9.17, 15) is 15.0 Å². The zero-order chi connectivity index (χ0) is 23.1. The van der Waals surface area contributed by atoms with E-state index in [0.717, 1.165) is 44.9 Å². The Labute approximate surface area is 195 Å². The maximum atomic E-state index is 12.1. The lowest BCUT2D eigenvalue weighted by molar-refractivity contribution is -0.174. The third-order valence-corrected chi connectivity index (χ3v) is 11.0. The Morgan fingerprint density at radius 1 is 1.03 bits per heavy atom. The molecule has 0 radical (unpaired) electrons. The normalized spacial score (nSPS) is 46.6. The van der Waals surface area contributed by atoms with E-state index in [0.29, 0.717) is 48.5 Å². The van der Waals surface area contributed by atoms with Crippen LogP contribution in [0.2, 0.25) is 0 Å². The summed E-state index contributed by atoms with van der Waals surface area (Å²) < 4.78 is 5.39. The third-order valence-electron chi connectivity index (χ3n) is 11.0. The maximum absolute atomic E-state index is 12.1. The first kappa shape index (κ1) is 24.5. The van der Waals surface area contributed by atoms with Crippen LogP contribution in [0.15, 0.2) is 0 Å². The van der Waals surface area contributed by atoms with Crippen LogP contribution < -0.4 is 0 Å². The molecule has 184 valence electrons. The van der Waals surface area contributed by atoms with Gasteiger partial charge in [-0.25, -0.2) is 0 Å². The number of aliphatic hydroxyl groups excluding tert-OH is 2. The summed E-state index contributed by atoms with van der Waals surface area (Å²) >= 11 is 0. The van der Waals surface area contributed by atoms with Gasteiger partial charge in [-0.3, -0.25) is 4.79 Å². The van der Waals surface area contributed by atoms with Crippen molar-refractivity contribution in [2.45, 2.75) is 117 Å². The van der Waals surface area contributed by atoms with Gasteiger partial charge < -0.3 is 14.9 Å². The first-order chi connectivity index (χ1) is 15.2. The van der Waals surface area contributed by atoms with Crippen molar-refractivity contribution in [1.82, 2.24) is 0 Å². The van der Waals surface area contributed by atoms with Crippen LogP contribution in [0.4, 0.5) is 0 Å². The highest BCUT2D eigenvalue weighted by Crippen LogP contribution is 2.68. The molecule has 4 nitrogen and oxygen atoms in total. The summed E-state index contributed by atoms with van der Waals surface area (Å²) in [5, 5.41) is 21.6. The van der Waals surface area contributed by atoms with E-state index in [4.69, 9.17) is 4.74 Å². The molecule has 4 fully saturated rings. The van der Waals surface area contributed by atoms with E-state index in [1.807, 2.05) is 0 Å². The molecule has 4 rings (SSSR count). The number of ether oxygens (including phenoxy) is 1. The fourth-order valence-corrected chi connectivity index (χ4v) is 9.12. The number of carbonyl (C=O) groups is 1. The topological polar surface area (TPSA) is 66.8 Å². The number of aliphatic hydroxyl groups is 2. The predicted molar refractivity (Wildman–Crippen MR) is 127 cm³/mol. The largest absolute Gasteiger partial charge is 0.466 e. The molecule has 10 atom stereocenters. The fraction of sp³-hybridized carbons (Fsp3) is 0.964. The van der Waals surface area contributed by atoms with Gasteiger partial charge >= 0.3 is 5.97 Å². The Balaban J connectivity index is 1.42. The molecule has 0 heterocycles. The van der Waals surface area contributed by atoms with Crippen LogP contribution in [0, 0.1) is 46.3 Å². The van der Waals surface area contributed by atoms with Crippen molar-refractivity contribution in [2.75, 3.05) is 6.61 Å². The molecule has 32 heavy (non-hydrogen) atoms. The van der Waals surface area contributed by atoms with Crippen LogP contribution in [0.25, 0.3) is 0 Å². The van der Waals surface area contributed by atoms with Gasteiger partial charge in [0.25, 0.3) is 0 Å². The Morgan fingerprint density at radius 2 is 1.75 bits per heavy atom. The lowest BCUT2D eigenvalue weighted by Gasteiger charge is -2.62. The Hall–Kier alpha value is -0.610. The van der Waals surface area contributed by atoms with Gasteiger partial charge in [-0.05, 0) is 111 Å². The van der Waals surface area contributed by atoms with Crippen molar-refractivity contribution in [2.24, 2.45) is 46.3 Å². The Bertz CT molecular complexity index is 664. The summed E-state index contributed by atoms with van der Waals surface area (Å²) in [6, 6.07) is 0. The maximum Gasteiger partial charge on any atom is 0.305 e. The van der Waals surface area contributed by atoms with Crippen LogP contribution in [0.1, 0.15) is 105 Å². The summed E-state index contributed by atoms with van der Waals surface area (Å²) in [7, 11) is 0. The first-order valence-electron chi connectivity index (χ1n) is 13.7. The van der Waals surface area contributed by atoms with Crippen LogP contribution in [0.3, 0.4) is 0 Å². The number of carbonyl (C=O) groups excluding carboxylic acids is 1. The molecule has 0 aromatic carbocycles. The summed E-state index contributed by atoms with van der Waals surface area (Å²) in [6.07, 6.45) is 11.9. The number of unbranched alkanes of at least 4 members (excludes halogenated alkanes) is 1. The molecule has 2 N–H and O–H groups in total. The summed E-state index contributed by atoms with van der Waals surface area (Å²) in [4.78, 5) is 12.1. The molecule has 0 aromatic rings. The molecular formula is C28H48O4. The van der Waals surface area contributed by atoms with E-state index in [1.165, 1.54) is 25.7 Å². The van der Waals surface area contributed by atoms with Gasteiger partial charge in [0.15, 0.2) is 0 Å². The molecule has 4 saturated carbocycles. The van der Waals surface area contributed by atoms with Crippen LogP contribution in [-0.4, -0.2) is 35.0 Å².